The molecular weight excluding hydrogens is 430 g/mol. The number of ether oxygens (including phenoxy) is 2. The number of carbonyl (C=O) groups is 1. The van der Waals surface area contributed by atoms with Crippen molar-refractivity contribution in [3.63, 3.8) is 0 Å². The number of hydrogen-bond acceptors (Lipinski definition) is 5. The molecule has 1 heterocycles. The SMILES string of the molecule is CCc1cccc(CC)c1NC(=O)COc1ccc2c(=O)c(Oc3cccc(C)c3)coc2c1. The van der Waals surface area contributed by atoms with E-state index in [9.17, 15) is 9.59 Å². The van der Waals surface area contributed by atoms with Gasteiger partial charge in [-0.15, -0.1) is 0 Å². The lowest BCUT2D eigenvalue weighted by molar-refractivity contribution is -0.118. The Balaban J connectivity index is 1.46. The molecule has 1 aromatic heterocycles. The summed E-state index contributed by atoms with van der Waals surface area (Å²) in [5.41, 5.74) is 4.12. The van der Waals surface area contributed by atoms with Crippen molar-refractivity contribution in [3.8, 4) is 17.2 Å². The van der Waals surface area contributed by atoms with Crippen LogP contribution in [0.15, 0.2) is 76.1 Å². The number of para-hydroxylation sites is 1. The van der Waals surface area contributed by atoms with Crippen LogP contribution in [-0.2, 0) is 17.6 Å². The van der Waals surface area contributed by atoms with Gasteiger partial charge in [0.25, 0.3) is 5.91 Å². The second-order valence-corrected chi connectivity index (χ2v) is 8.00. The molecule has 0 unspecified atom stereocenters. The number of aryl methyl sites for hydroxylation is 3. The standard InChI is InChI=1S/C28H27NO5/c1-4-19-9-7-10-20(5-2)27(19)29-26(30)17-32-21-12-13-23-24(15-21)33-16-25(28(23)31)34-22-11-6-8-18(3)14-22/h6-16H,4-5,17H2,1-3H3,(H,29,30). The first-order chi connectivity index (χ1) is 16.5. The zero-order chi connectivity index (χ0) is 24.1. The van der Waals surface area contributed by atoms with Crippen LogP contribution in [0.25, 0.3) is 11.0 Å². The zero-order valence-corrected chi connectivity index (χ0v) is 19.5. The van der Waals surface area contributed by atoms with E-state index in [-0.39, 0.29) is 23.7 Å². The molecule has 0 aliphatic rings. The lowest BCUT2D eigenvalue weighted by atomic mass is 10.0. The summed E-state index contributed by atoms with van der Waals surface area (Å²) in [4.78, 5) is 25.4. The average molecular weight is 458 g/mol. The Kier molecular flexibility index (Phi) is 6.97. The third kappa shape index (κ3) is 5.12. The number of benzene rings is 3. The topological polar surface area (TPSA) is 77.8 Å². The maximum Gasteiger partial charge on any atom is 0.262 e. The van der Waals surface area contributed by atoms with Gasteiger partial charge in [0.1, 0.15) is 23.3 Å². The Morgan fingerprint density at radius 2 is 1.68 bits per heavy atom. The fourth-order valence-corrected chi connectivity index (χ4v) is 3.78. The van der Waals surface area contributed by atoms with Gasteiger partial charge < -0.3 is 19.2 Å². The lowest BCUT2D eigenvalue weighted by Crippen LogP contribution is -2.21. The number of fused-ring (bicyclic) bond motifs is 1. The van der Waals surface area contributed by atoms with Gasteiger partial charge in [0.2, 0.25) is 11.2 Å². The Morgan fingerprint density at radius 1 is 0.941 bits per heavy atom. The maximum absolute atomic E-state index is 12.8. The minimum Gasteiger partial charge on any atom is -0.484 e. The van der Waals surface area contributed by atoms with Gasteiger partial charge in [0, 0.05) is 11.8 Å². The highest BCUT2D eigenvalue weighted by molar-refractivity contribution is 5.93. The van der Waals surface area contributed by atoms with Crippen LogP contribution in [0.2, 0.25) is 0 Å². The number of hydrogen-bond donors (Lipinski definition) is 1. The first kappa shape index (κ1) is 23.1. The zero-order valence-electron chi connectivity index (χ0n) is 19.5. The molecule has 174 valence electrons. The molecule has 34 heavy (non-hydrogen) atoms. The molecule has 0 spiro atoms. The Hall–Kier alpha value is -4.06. The lowest BCUT2D eigenvalue weighted by Gasteiger charge is -2.14. The molecule has 1 amide bonds. The normalized spacial score (nSPS) is 10.8. The molecule has 4 aromatic rings. The maximum atomic E-state index is 12.8. The Bertz CT molecular complexity index is 1370. The second kappa shape index (κ2) is 10.3. The fraction of sp³-hybridized carbons (Fsp3) is 0.214. The summed E-state index contributed by atoms with van der Waals surface area (Å²) in [6.45, 7) is 5.90. The molecule has 0 atom stereocenters. The molecule has 0 aliphatic carbocycles. The van der Waals surface area contributed by atoms with Crippen LogP contribution < -0.4 is 20.2 Å². The van der Waals surface area contributed by atoms with Crippen molar-refractivity contribution in [2.24, 2.45) is 0 Å². The van der Waals surface area contributed by atoms with Crippen LogP contribution in [0.3, 0.4) is 0 Å². The van der Waals surface area contributed by atoms with E-state index in [1.54, 1.807) is 24.3 Å². The summed E-state index contributed by atoms with van der Waals surface area (Å²) in [5.74, 6) is 0.845. The number of amides is 1. The Morgan fingerprint density at radius 3 is 2.38 bits per heavy atom. The molecule has 6 nitrogen and oxygen atoms in total. The van der Waals surface area contributed by atoms with Crippen molar-refractivity contribution < 1.29 is 18.7 Å². The summed E-state index contributed by atoms with van der Waals surface area (Å²) in [5, 5.41) is 3.35. The van der Waals surface area contributed by atoms with Crippen molar-refractivity contribution >= 4 is 22.6 Å². The van der Waals surface area contributed by atoms with Crippen molar-refractivity contribution in [3.05, 3.63) is 93.8 Å². The molecule has 6 heteroatoms. The number of nitrogens with one attached hydrogen (secondary N) is 1. The largest absolute Gasteiger partial charge is 0.484 e. The highest BCUT2D eigenvalue weighted by Gasteiger charge is 2.13. The molecule has 3 aromatic carbocycles. The van der Waals surface area contributed by atoms with E-state index in [1.165, 1.54) is 6.26 Å². The minimum atomic E-state index is -0.282. The van der Waals surface area contributed by atoms with E-state index in [4.69, 9.17) is 13.9 Å². The first-order valence-corrected chi connectivity index (χ1v) is 11.3. The van der Waals surface area contributed by atoms with Gasteiger partial charge in [0.05, 0.1) is 5.39 Å². The van der Waals surface area contributed by atoms with E-state index >= 15 is 0 Å². The Labute approximate surface area is 198 Å². The highest BCUT2D eigenvalue weighted by atomic mass is 16.5. The summed E-state index contributed by atoms with van der Waals surface area (Å²) < 4.78 is 17.0. The molecule has 1 N–H and O–H groups in total. The molecule has 0 bridgehead atoms. The van der Waals surface area contributed by atoms with Gasteiger partial charge in [-0.3, -0.25) is 9.59 Å². The predicted molar refractivity (Wildman–Crippen MR) is 133 cm³/mol. The van der Waals surface area contributed by atoms with Crippen LogP contribution >= 0.6 is 0 Å². The summed E-state index contributed by atoms with van der Waals surface area (Å²) in [6.07, 6.45) is 2.94. The van der Waals surface area contributed by atoms with Crippen LogP contribution in [0, 0.1) is 6.92 Å². The number of rotatable bonds is 8. The molecule has 0 radical (unpaired) electrons. The quantitative estimate of drug-likeness (QED) is 0.349. The van der Waals surface area contributed by atoms with Crippen LogP contribution in [0.5, 0.6) is 17.2 Å². The van der Waals surface area contributed by atoms with E-state index in [1.807, 2.05) is 43.3 Å². The van der Waals surface area contributed by atoms with E-state index in [2.05, 4.69) is 19.2 Å². The highest BCUT2D eigenvalue weighted by Crippen LogP contribution is 2.25. The average Bonchev–Trinajstić information content (AvgIpc) is 2.84. The van der Waals surface area contributed by atoms with Crippen LogP contribution in [-0.4, -0.2) is 12.5 Å². The van der Waals surface area contributed by atoms with Gasteiger partial charge in [-0.25, -0.2) is 0 Å². The molecule has 0 saturated heterocycles. The second-order valence-electron chi connectivity index (χ2n) is 8.00. The van der Waals surface area contributed by atoms with Crippen molar-refractivity contribution in [1.29, 1.82) is 0 Å². The van der Waals surface area contributed by atoms with E-state index in [0.29, 0.717) is 22.5 Å². The monoisotopic (exact) mass is 457 g/mol. The van der Waals surface area contributed by atoms with Crippen LogP contribution in [0.1, 0.15) is 30.5 Å². The molecule has 0 saturated carbocycles. The molecule has 4 rings (SSSR count). The van der Waals surface area contributed by atoms with E-state index < -0.39 is 0 Å². The minimum absolute atomic E-state index is 0.104. The van der Waals surface area contributed by atoms with Crippen molar-refractivity contribution in [1.82, 2.24) is 0 Å². The molecule has 0 aliphatic heterocycles. The van der Waals surface area contributed by atoms with Crippen molar-refractivity contribution in [2.45, 2.75) is 33.6 Å². The van der Waals surface area contributed by atoms with Gasteiger partial charge in [0.15, 0.2) is 6.61 Å². The third-order valence-corrected chi connectivity index (χ3v) is 5.56. The van der Waals surface area contributed by atoms with Gasteiger partial charge in [-0.05, 0) is 60.7 Å². The molecular formula is C28H27NO5. The summed E-state index contributed by atoms with van der Waals surface area (Å²) in [6, 6.07) is 18.3. The van der Waals surface area contributed by atoms with Crippen molar-refractivity contribution in [2.75, 3.05) is 11.9 Å². The van der Waals surface area contributed by atoms with Gasteiger partial charge >= 0.3 is 0 Å². The van der Waals surface area contributed by atoms with Gasteiger partial charge in [-0.2, -0.15) is 0 Å². The number of anilines is 1. The predicted octanol–water partition coefficient (Wildman–Crippen LogP) is 6.04. The first-order valence-electron chi connectivity index (χ1n) is 11.3. The smallest absolute Gasteiger partial charge is 0.262 e. The summed E-state index contributed by atoms with van der Waals surface area (Å²) in [7, 11) is 0. The fourth-order valence-electron chi connectivity index (χ4n) is 3.78. The molecule has 0 fully saturated rings. The number of carbonyl (C=O) groups excluding carboxylic acids is 1. The van der Waals surface area contributed by atoms with E-state index in [0.717, 1.165) is 35.2 Å². The van der Waals surface area contributed by atoms with Gasteiger partial charge in [-0.1, -0.05) is 44.2 Å². The summed E-state index contributed by atoms with van der Waals surface area (Å²) >= 11 is 0. The third-order valence-electron chi connectivity index (χ3n) is 5.56. The van der Waals surface area contributed by atoms with Crippen LogP contribution in [0.4, 0.5) is 5.69 Å².